The summed E-state index contributed by atoms with van der Waals surface area (Å²) in [5.74, 6) is -4.45. The van der Waals surface area contributed by atoms with Crippen molar-refractivity contribution in [1.82, 2.24) is 5.32 Å². The van der Waals surface area contributed by atoms with Crippen LogP contribution in [0.5, 0.6) is 0 Å². The van der Waals surface area contributed by atoms with Crippen LogP contribution in [0.1, 0.15) is 31.7 Å². The standard InChI is InChI=1S/C23H26N2O8/c1-12-11-15-20(21(26)17(12)22(27)32-4)19(14-7-5-6-8-16(14)25(29)30)18(13(2)24-15)23(28)33-10-9-31-3/h5-8,12,17,19,24H,9-11H2,1-4H3/t12-,17-,19+/m1/s1. The van der Waals surface area contributed by atoms with Crippen molar-refractivity contribution < 1.29 is 33.5 Å². The molecule has 0 unspecified atom stereocenters. The fourth-order valence-corrected chi connectivity index (χ4v) is 4.46. The normalized spacial score (nSPS) is 22.4. The summed E-state index contributed by atoms with van der Waals surface area (Å²) in [6.07, 6.45) is 0.335. The second-order valence-electron chi connectivity index (χ2n) is 7.98. The number of carbonyl (C=O) groups is 3. The number of Topliss-reactive ketones (excluding diaryl/α,β-unsaturated/α-hetero) is 1. The van der Waals surface area contributed by atoms with Crippen LogP contribution in [0.3, 0.4) is 0 Å². The Hall–Kier alpha value is -3.53. The number of nitrogens with one attached hydrogen (secondary N) is 1. The summed E-state index contributed by atoms with van der Waals surface area (Å²) in [7, 11) is 2.66. The van der Waals surface area contributed by atoms with Crippen molar-refractivity contribution >= 4 is 23.4 Å². The molecule has 176 valence electrons. The average molecular weight is 458 g/mol. The zero-order chi connectivity index (χ0) is 24.3. The number of ether oxygens (including phenoxy) is 3. The van der Waals surface area contributed by atoms with Crippen LogP contribution < -0.4 is 5.32 Å². The predicted octanol–water partition coefficient (Wildman–Crippen LogP) is 2.40. The van der Waals surface area contributed by atoms with Crippen LogP contribution in [-0.2, 0) is 28.6 Å². The van der Waals surface area contributed by atoms with E-state index in [-0.39, 0.29) is 41.5 Å². The maximum absolute atomic E-state index is 13.6. The number of methoxy groups -OCH3 is 2. The van der Waals surface area contributed by atoms with Gasteiger partial charge in [-0.05, 0) is 19.3 Å². The lowest BCUT2D eigenvalue weighted by Gasteiger charge is -2.38. The summed E-state index contributed by atoms with van der Waals surface area (Å²) in [5, 5.41) is 14.9. The Bertz CT molecular complexity index is 1060. The van der Waals surface area contributed by atoms with Crippen LogP contribution >= 0.6 is 0 Å². The van der Waals surface area contributed by atoms with Gasteiger partial charge in [0.2, 0.25) is 0 Å². The molecule has 1 N–H and O–H groups in total. The SMILES string of the molecule is COCCOC(=O)C1=C(C)NC2=C(C(=O)[C@H](C(=O)OC)[C@H](C)C2)[C@H]1c1ccccc1[N+](=O)[O-]. The molecule has 3 rings (SSSR count). The van der Waals surface area contributed by atoms with Crippen molar-refractivity contribution in [2.75, 3.05) is 27.4 Å². The van der Waals surface area contributed by atoms with E-state index in [4.69, 9.17) is 14.2 Å². The fourth-order valence-electron chi connectivity index (χ4n) is 4.46. The number of hydrogen-bond donors (Lipinski definition) is 1. The van der Waals surface area contributed by atoms with Crippen LogP contribution in [0.15, 0.2) is 46.8 Å². The van der Waals surface area contributed by atoms with Crippen LogP contribution in [0.4, 0.5) is 5.69 Å². The molecule has 10 heteroatoms. The molecular weight excluding hydrogens is 432 g/mol. The lowest BCUT2D eigenvalue weighted by Crippen LogP contribution is -2.43. The van der Waals surface area contributed by atoms with Gasteiger partial charge in [-0.2, -0.15) is 0 Å². The number of benzene rings is 1. The zero-order valence-corrected chi connectivity index (χ0v) is 18.9. The monoisotopic (exact) mass is 458 g/mol. The second kappa shape index (κ2) is 9.95. The first-order chi connectivity index (χ1) is 15.7. The van der Waals surface area contributed by atoms with Crippen LogP contribution in [0.2, 0.25) is 0 Å². The summed E-state index contributed by atoms with van der Waals surface area (Å²) in [5.41, 5.74) is 1.10. The largest absolute Gasteiger partial charge is 0.468 e. The van der Waals surface area contributed by atoms with Crippen molar-refractivity contribution in [2.45, 2.75) is 26.2 Å². The molecule has 2 aliphatic rings. The van der Waals surface area contributed by atoms with Gasteiger partial charge in [0.05, 0.1) is 30.1 Å². The van der Waals surface area contributed by atoms with Gasteiger partial charge in [0.25, 0.3) is 5.69 Å². The predicted molar refractivity (Wildman–Crippen MR) is 116 cm³/mol. The van der Waals surface area contributed by atoms with E-state index in [1.165, 1.54) is 32.4 Å². The number of rotatable bonds is 7. The van der Waals surface area contributed by atoms with Crippen molar-refractivity contribution in [3.8, 4) is 0 Å². The molecule has 10 nitrogen and oxygen atoms in total. The van der Waals surface area contributed by atoms with Crippen LogP contribution in [0, 0.1) is 22.0 Å². The number of esters is 2. The molecule has 1 aliphatic heterocycles. The molecular formula is C23H26N2O8. The van der Waals surface area contributed by atoms with Crippen molar-refractivity contribution in [2.24, 2.45) is 11.8 Å². The van der Waals surface area contributed by atoms with Crippen molar-refractivity contribution in [3.63, 3.8) is 0 Å². The molecule has 1 heterocycles. The minimum Gasteiger partial charge on any atom is -0.468 e. The maximum Gasteiger partial charge on any atom is 0.336 e. The Morgan fingerprint density at radius 1 is 1.21 bits per heavy atom. The Balaban J connectivity index is 2.20. The van der Waals surface area contributed by atoms with E-state index >= 15 is 0 Å². The molecule has 0 radical (unpaired) electrons. The van der Waals surface area contributed by atoms with E-state index in [1.807, 2.05) is 0 Å². The molecule has 1 aromatic carbocycles. The highest BCUT2D eigenvalue weighted by Gasteiger charge is 2.48. The Morgan fingerprint density at radius 3 is 2.55 bits per heavy atom. The highest BCUT2D eigenvalue weighted by molar-refractivity contribution is 6.12. The smallest absolute Gasteiger partial charge is 0.336 e. The van der Waals surface area contributed by atoms with Gasteiger partial charge in [0, 0.05) is 35.7 Å². The Kier molecular flexibility index (Phi) is 7.27. The minimum absolute atomic E-state index is 0.0304. The lowest BCUT2D eigenvalue weighted by atomic mass is 9.69. The molecule has 1 aromatic rings. The summed E-state index contributed by atoms with van der Waals surface area (Å²) < 4.78 is 15.1. The highest BCUT2D eigenvalue weighted by Crippen LogP contribution is 2.47. The molecule has 0 saturated heterocycles. The highest BCUT2D eigenvalue weighted by atomic mass is 16.6. The molecule has 0 amide bonds. The zero-order valence-electron chi connectivity index (χ0n) is 18.9. The third-order valence-electron chi connectivity index (χ3n) is 5.93. The molecule has 0 spiro atoms. The second-order valence-corrected chi connectivity index (χ2v) is 7.98. The Labute approximate surface area is 190 Å². The quantitative estimate of drug-likeness (QED) is 0.215. The van der Waals surface area contributed by atoms with Crippen LogP contribution in [-0.4, -0.2) is 50.1 Å². The Morgan fingerprint density at radius 2 is 1.91 bits per heavy atom. The van der Waals surface area contributed by atoms with Gasteiger partial charge >= 0.3 is 11.9 Å². The summed E-state index contributed by atoms with van der Waals surface area (Å²) in [4.78, 5) is 50.4. The van der Waals surface area contributed by atoms with Gasteiger partial charge < -0.3 is 19.5 Å². The number of dihydropyridines is 1. The first kappa shape index (κ1) is 24.1. The van der Waals surface area contributed by atoms with Gasteiger partial charge in [-0.25, -0.2) is 4.79 Å². The number of allylic oxidation sites excluding steroid dienone is 3. The van der Waals surface area contributed by atoms with E-state index in [1.54, 1.807) is 19.9 Å². The van der Waals surface area contributed by atoms with Gasteiger partial charge in [-0.3, -0.25) is 19.7 Å². The van der Waals surface area contributed by atoms with Crippen LogP contribution in [0.25, 0.3) is 0 Å². The van der Waals surface area contributed by atoms with Gasteiger partial charge in [-0.1, -0.05) is 25.1 Å². The molecule has 3 atom stereocenters. The van der Waals surface area contributed by atoms with E-state index in [2.05, 4.69) is 5.32 Å². The topological polar surface area (TPSA) is 134 Å². The number of hydrogen-bond acceptors (Lipinski definition) is 9. The lowest BCUT2D eigenvalue weighted by molar-refractivity contribution is -0.385. The summed E-state index contributed by atoms with van der Waals surface area (Å²) >= 11 is 0. The number of nitro groups is 1. The summed E-state index contributed by atoms with van der Waals surface area (Å²) in [6, 6.07) is 5.93. The molecule has 0 fully saturated rings. The maximum atomic E-state index is 13.6. The fraction of sp³-hybridized carbons (Fsp3) is 0.435. The minimum atomic E-state index is -1.08. The van der Waals surface area contributed by atoms with Gasteiger partial charge in [-0.15, -0.1) is 0 Å². The molecule has 0 saturated carbocycles. The number of nitrogens with zero attached hydrogens (tertiary/aromatic N) is 1. The number of para-hydroxylation sites is 1. The van der Waals surface area contributed by atoms with Gasteiger partial charge in [0.15, 0.2) is 5.78 Å². The van der Waals surface area contributed by atoms with Crippen molar-refractivity contribution in [1.29, 1.82) is 0 Å². The summed E-state index contributed by atoms with van der Waals surface area (Å²) in [6.45, 7) is 3.55. The van der Waals surface area contributed by atoms with E-state index in [9.17, 15) is 24.5 Å². The van der Waals surface area contributed by atoms with E-state index in [0.29, 0.717) is 17.8 Å². The van der Waals surface area contributed by atoms with E-state index < -0.39 is 34.5 Å². The third kappa shape index (κ3) is 4.51. The first-order valence-electron chi connectivity index (χ1n) is 10.4. The average Bonchev–Trinajstić information content (AvgIpc) is 2.77. The number of nitro benzene ring substituents is 1. The molecule has 1 aliphatic carbocycles. The van der Waals surface area contributed by atoms with E-state index in [0.717, 1.165) is 0 Å². The molecule has 0 bridgehead atoms. The first-order valence-corrected chi connectivity index (χ1v) is 10.4. The number of carbonyl (C=O) groups excluding carboxylic acids is 3. The molecule has 0 aromatic heterocycles. The van der Waals surface area contributed by atoms with Gasteiger partial charge in [0.1, 0.15) is 12.5 Å². The van der Waals surface area contributed by atoms with Crippen molar-refractivity contribution in [3.05, 3.63) is 62.5 Å². The third-order valence-corrected chi connectivity index (χ3v) is 5.93. The number of ketones is 1. The molecule has 33 heavy (non-hydrogen) atoms.